The van der Waals surface area contributed by atoms with E-state index < -0.39 is 0 Å². The average Bonchev–Trinajstić information content (AvgIpc) is 2.97. The van der Waals surface area contributed by atoms with E-state index in [0.29, 0.717) is 10.8 Å². The molecule has 1 aliphatic rings. The lowest BCUT2D eigenvalue weighted by atomic mass is 10.2. The van der Waals surface area contributed by atoms with Gasteiger partial charge in [-0.1, -0.05) is 50.8 Å². The number of aryl methyl sites for hydroxylation is 1. The lowest BCUT2D eigenvalue weighted by Crippen LogP contribution is -2.09. The van der Waals surface area contributed by atoms with Crippen LogP contribution in [-0.2, 0) is 4.79 Å². The number of nitrogens with zero attached hydrogens (tertiary/aromatic N) is 1. The highest BCUT2D eigenvalue weighted by Crippen LogP contribution is 2.33. The molecule has 2 aromatic rings. The quantitative estimate of drug-likeness (QED) is 0.489. The molecule has 4 nitrogen and oxygen atoms in total. The van der Waals surface area contributed by atoms with Crippen LogP contribution in [-0.4, -0.2) is 14.5 Å². The van der Waals surface area contributed by atoms with Crippen LogP contribution < -0.4 is 10.6 Å². The molecule has 0 aliphatic carbocycles. The Kier molecular flexibility index (Phi) is 5.54. The van der Waals surface area contributed by atoms with Crippen LogP contribution in [0.3, 0.4) is 0 Å². The molecule has 25 heavy (non-hydrogen) atoms. The van der Waals surface area contributed by atoms with E-state index >= 15 is 0 Å². The van der Waals surface area contributed by atoms with Crippen molar-refractivity contribution < 1.29 is 9.18 Å². The van der Waals surface area contributed by atoms with Crippen LogP contribution >= 0.6 is 32.1 Å². The van der Waals surface area contributed by atoms with Crippen LogP contribution in [0.25, 0.3) is 5.57 Å². The molecular weight excluding hydrogens is 452 g/mol. The second kappa shape index (κ2) is 7.83. The Bertz CT molecular complexity index is 930. The summed E-state index contributed by atoms with van der Waals surface area (Å²) in [4.78, 5) is 16.8. The van der Waals surface area contributed by atoms with Crippen molar-refractivity contribution in [2.75, 3.05) is 10.6 Å². The third kappa shape index (κ3) is 4.29. The minimum atomic E-state index is -0.346. The van der Waals surface area contributed by atoms with E-state index in [4.69, 9.17) is 0 Å². The summed E-state index contributed by atoms with van der Waals surface area (Å²) in [6.45, 7) is 5.34. The van der Waals surface area contributed by atoms with Crippen LogP contribution in [0.15, 0.2) is 53.2 Å². The predicted octanol–water partition coefficient (Wildman–Crippen LogP) is 4.84. The number of rotatable bonds is 5. The Hall–Kier alpha value is -2.13. The number of anilines is 2. The smallest absolute Gasteiger partial charge is 0.249 e. The van der Waals surface area contributed by atoms with E-state index in [1.807, 2.05) is 13.0 Å². The van der Waals surface area contributed by atoms with Crippen LogP contribution in [0.4, 0.5) is 15.2 Å². The minimum Gasteiger partial charge on any atom is -0.348 e. The first-order chi connectivity index (χ1) is 12.1. The summed E-state index contributed by atoms with van der Waals surface area (Å²) >= 11 is 1.06. The number of benzene rings is 1. The van der Waals surface area contributed by atoms with Gasteiger partial charge in [0.25, 0.3) is 0 Å². The van der Waals surface area contributed by atoms with Gasteiger partial charge < -0.3 is 5.32 Å². The molecule has 2 N–H and O–H groups in total. The number of carbonyl (C=O) groups is 1. The fourth-order valence-corrected chi connectivity index (χ4v) is 5.04. The summed E-state index contributed by atoms with van der Waals surface area (Å²) in [5.41, 5.74) is 2.31. The molecule has 3 rings (SSSR count). The van der Waals surface area contributed by atoms with Crippen molar-refractivity contribution in [3.05, 3.63) is 69.5 Å². The Morgan fingerprint density at radius 2 is 2.20 bits per heavy atom. The largest absolute Gasteiger partial charge is 0.348 e. The number of carbonyl (C=O) groups excluding carboxylic acids is 1. The second-order valence-electron chi connectivity index (χ2n) is 5.08. The summed E-state index contributed by atoms with van der Waals surface area (Å²) in [6, 6.07) is 6.63. The van der Waals surface area contributed by atoms with E-state index in [0.717, 1.165) is 19.8 Å². The Morgan fingerprint density at radius 3 is 2.96 bits per heavy atom. The molecule has 0 saturated carbocycles. The van der Waals surface area contributed by atoms with Crippen LogP contribution in [0, 0.1) is 12.7 Å². The topological polar surface area (TPSA) is 54.0 Å². The van der Waals surface area contributed by atoms with Gasteiger partial charge in [-0.05, 0) is 46.9 Å². The molecule has 0 unspecified atom stereocenters. The molecule has 1 amide bonds. The van der Waals surface area contributed by atoms with Gasteiger partial charge >= 0.3 is 0 Å². The van der Waals surface area contributed by atoms with Gasteiger partial charge in [0.15, 0.2) is 5.13 Å². The van der Waals surface area contributed by atoms with Crippen molar-refractivity contribution in [3.63, 3.8) is 0 Å². The number of hydrogen-bond donors (Lipinski definition) is 2. The Labute approximate surface area is 158 Å². The van der Waals surface area contributed by atoms with Gasteiger partial charge in [0.05, 0.1) is 19.9 Å². The molecule has 0 spiro atoms. The molecule has 2 heterocycles. The fraction of sp³-hybridized carbons (Fsp3) is 0.0556. The average molecular weight is 467 g/mol. The highest BCUT2D eigenvalue weighted by Gasteiger charge is 2.14. The van der Waals surface area contributed by atoms with E-state index in [-0.39, 0.29) is 32.5 Å². The molecule has 0 bridgehead atoms. The number of para-hydroxylation sites is 1. The van der Waals surface area contributed by atoms with Gasteiger partial charge in [0.1, 0.15) is 5.82 Å². The third-order valence-electron chi connectivity index (χ3n) is 3.31. The van der Waals surface area contributed by atoms with Gasteiger partial charge in [-0.15, -0.1) is 0 Å². The molecule has 1 aliphatic heterocycles. The van der Waals surface area contributed by atoms with E-state index in [9.17, 15) is 9.18 Å². The van der Waals surface area contributed by atoms with Crippen LogP contribution in [0.5, 0.6) is 0 Å². The maximum absolute atomic E-state index is 13.8. The van der Waals surface area contributed by atoms with E-state index in [1.165, 1.54) is 23.5 Å². The maximum Gasteiger partial charge on any atom is 0.249 e. The predicted molar refractivity (Wildman–Crippen MR) is 112 cm³/mol. The van der Waals surface area contributed by atoms with Crippen molar-refractivity contribution in [3.8, 4) is 0 Å². The summed E-state index contributed by atoms with van der Waals surface area (Å²) in [5, 5.41) is 6.40. The molecule has 128 valence electrons. The summed E-state index contributed by atoms with van der Waals surface area (Å²) in [6.07, 6.45) is 5.30. The van der Waals surface area contributed by atoms with Crippen molar-refractivity contribution in [2.24, 2.45) is 0 Å². The van der Waals surface area contributed by atoms with Gasteiger partial charge in [-0.3, -0.25) is 10.1 Å². The van der Waals surface area contributed by atoms with Gasteiger partial charge in [0, 0.05) is 0 Å². The molecule has 7 heteroatoms. The number of allylic oxidation sites excluding steroid dienone is 2. The number of aromatic nitrogens is 1. The normalized spacial score (nSPS) is 13.4. The number of thiazole rings is 1. The SMILES string of the molecule is C=CC(=O)Nc1nc(C)c(C2=CC(Nc3ccccc3F)=IC=C2)s1. The first kappa shape index (κ1) is 17.7. The number of amides is 1. The Balaban J connectivity index is 1.84. The van der Waals surface area contributed by atoms with E-state index in [1.54, 1.807) is 18.2 Å². The second-order valence-corrected chi connectivity index (χ2v) is 8.58. The molecule has 1 aromatic carbocycles. The summed E-state index contributed by atoms with van der Waals surface area (Å²) in [7, 11) is 0. The van der Waals surface area contributed by atoms with Crippen molar-refractivity contribution >= 4 is 58.0 Å². The molecule has 0 fully saturated rings. The number of halogens is 2. The fourth-order valence-electron chi connectivity index (χ4n) is 2.15. The molecule has 0 atom stereocenters. The Morgan fingerprint density at radius 1 is 1.40 bits per heavy atom. The third-order valence-corrected chi connectivity index (χ3v) is 6.40. The lowest BCUT2D eigenvalue weighted by molar-refractivity contribution is -0.111. The minimum absolute atomic E-state index is 0.271. The van der Waals surface area contributed by atoms with Crippen LogP contribution in [0.2, 0.25) is 0 Å². The zero-order valence-corrected chi connectivity index (χ0v) is 16.3. The zero-order chi connectivity index (χ0) is 17.8. The van der Waals surface area contributed by atoms with E-state index in [2.05, 4.69) is 32.4 Å². The van der Waals surface area contributed by atoms with Gasteiger partial charge in [-0.2, -0.15) is 0 Å². The molecular formula is C18H15FIN3OS. The van der Waals surface area contributed by atoms with Crippen molar-refractivity contribution in [1.29, 1.82) is 0 Å². The summed E-state index contributed by atoms with van der Waals surface area (Å²) in [5.74, 6) is -0.556. The van der Waals surface area contributed by atoms with Crippen molar-refractivity contribution in [1.82, 2.24) is 4.98 Å². The van der Waals surface area contributed by atoms with Crippen LogP contribution in [0.1, 0.15) is 10.6 Å². The highest BCUT2D eigenvalue weighted by atomic mass is 127. The van der Waals surface area contributed by atoms with Gasteiger partial charge in [-0.25, -0.2) is 9.37 Å². The number of nitrogens with one attached hydrogen (secondary N) is 2. The highest BCUT2D eigenvalue weighted by molar-refractivity contribution is 14.2. The lowest BCUT2D eigenvalue weighted by Gasteiger charge is -2.11. The maximum atomic E-state index is 13.8. The standard InChI is InChI=1S/C18H15FIN3OS/c1-3-16(24)23-18-21-11(2)17(25-18)12-8-9-20-15(10-12)22-14-7-5-4-6-13(14)19/h3-10,22H,1H2,2H3,(H,21,23,24). The molecule has 0 saturated heterocycles. The number of hydrogen-bond acceptors (Lipinski definition) is 4. The molecule has 0 radical (unpaired) electrons. The first-order valence-electron chi connectivity index (χ1n) is 7.38. The van der Waals surface area contributed by atoms with Crippen molar-refractivity contribution in [2.45, 2.75) is 6.92 Å². The molecule has 1 aromatic heterocycles. The van der Waals surface area contributed by atoms with Gasteiger partial charge in [0.2, 0.25) is 5.91 Å². The summed E-state index contributed by atoms with van der Waals surface area (Å²) < 4.78 is 17.0. The first-order valence-corrected chi connectivity index (χ1v) is 10.5. The zero-order valence-electron chi connectivity index (χ0n) is 13.3. The monoisotopic (exact) mass is 467 g/mol.